The molecule has 0 amide bonds. The molecule has 1 N–H and O–H groups in total. The maximum absolute atomic E-state index is 6.04. The van der Waals surface area contributed by atoms with Gasteiger partial charge in [0.05, 0.1) is 10.7 Å². The molecule has 0 aliphatic rings. The van der Waals surface area contributed by atoms with Crippen molar-refractivity contribution >= 4 is 27.5 Å². The van der Waals surface area contributed by atoms with Gasteiger partial charge >= 0.3 is 0 Å². The van der Waals surface area contributed by atoms with Gasteiger partial charge in [-0.25, -0.2) is 0 Å². The maximum atomic E-state index is 6.04. The number of nitrogens with zero attached hydrogens (tertiary/aromatic N) is 1. The van der Waals surface area contributed by atoms with Crippen LogP contribution in [0, 0.1) is 6.92 Å². The van der Waals surface area contributed by atoms with Gasteiger partial charge in [-0.15, -0.1) is 0 Å². The van der Waals surface area contributed by atoms with E-state index < -0.39 is 0 Å². The van der Waals surface area contributed by atoms with Gasteiger partial charge in [-0.2, -0.15) is 0 Å². The third-order valence-corrected chi connectivity index (χ3v) is 3.80. The standard InChI is InChI=1S/C14H14BrClN2/c1-10-3-2-4-12(18-10)9-17-8-11-5-6-13(15)14(16)7-11/h2-7,17H,8-9H2,1H3. The largest absolute Gasteiger partial charge is 0.307 e. The van der Waals surface area contributed by atoms with Gasteiger partial charge in [-0.3, -0.25) is 4.98 Å². The van der Waals surface area contributed by atoms with E-state index in [1.165, 1.54) is 0 Å². The van der Waals surface area contributed by atoms with Gasteiger partial charge in [-0.1, -0.05) is 23.7 Å². The molecule has 0 bridgehead atoms. The lowest BCUT2D eigenvalue weighted by Gasteiger charge is -2.06. The Morgan fingerprint density at radius 1 is 1.22 bits per heavy atom. The van der Waals surface area contributed by atoms with E-state index in [-0.39, 0.29) is 0 Å². The van der Waals surface area contributed by atoms with Crippen LogP contribution in [0.3, 0.4) is 0 Å². The number of pyridine rings is 1. The second-order valence-electron chi connectivity index (χ2n) is 4.12. The zero-order valence-corrected chi connectivity index (χ0v) is 12.4. The van der Waals surface area contributed by atoms with Crippen molar-refractivity contribution in [1.29, 1.82) is 0 Å². The summed E-state index contributed by atoms with van der Waals surface area (Å²) in [4.78, 5) is 4.44. The maximum Gasteiger partial charge on any atom is 0.0551 e. The van der Waals surface area contributed by atoms with Crippen molar-refractivity contribution in [2.45, 2.75) is 20.0 Å². The molecule has 0 fully saturated rings. The number of rotatable bonds is 4. The molecule has 2 rings (SSSR count). The van der Waals surface area contributed by atoms with Gasteiger partial charge in [0, 0.05) is 23.3 Å². The Labute approximate surface area is 121 Å². The fourth-order valence-electron chi connectivity index (χ4n) is 1.68. The number of benzene rings is 1. The van der Waals surface area contributed by atoms with Crippen LogP contribution in [0.2, 0.25) is 5.02 Å². The van der Waals surface area contributed by atoms with Crippen molar-refractivity contribution < 1.29 is 0 Å². The molecular formula is C14H14BrClN2. The Hall–Kier alpha value is -0.900. The molecule has 4 heteroatoms. The molecule has 1 aromatic heterocycles. The summed E-state index contributed by atoms with van der Waals surface area (Å²) in [6.45, 7) is 3.54. The molecule has 2 aromatic rings. The number of halogens is 2. The highest BCUT2D eigenvalue weighted by atomic mass is 79.9. The van der Waals surface area contributed by atoms with Crippen LogP contribution in [0.4, 0.5) is 0 Å². The van der Waals surface area contributed by atoms with E-state index in [2.05, 4.69) is 26.2 Å². The van der Waals surface area contributed by atoms with Gasteiger partial charge in [0.1, 0.15) is 0 Å². The Morgan fingerprint density at radius 3 is 2.78 bits per heavy atom. The quantitative estimate of drug-likeness (QED) is 0.915. The molecule has 18 heavy (non-hydrogen) atoms. The molecule has 0 spiro atoms. The average Bonchev–Trinajstić information content (AvgIpc) is 2.34. The smallest absolute Gasteiger partial charge is 0.0551 e. The van der Waals surface area contributed by atoms with Gasteiger partial charge in [0.15, 0.2) is 0 Å². The second kappa shape index (κ2) is 6.32. The van der Waals surface area contributed by atoms with E-state index in [0.717, 1.165) is 39.5 Å². The predicted molar refractivity (Wildman–Crippen MR) is 78.7 cm³/mol. The Bertz CT molecular complexity index is 543. The van der Waals surface area contributed by atoms with Gasteiger partial charge in [0.2, 0.25) is 0 Å². The SMILES string of the molecule is Cc1cccc(CNCc2ccc(Br)c(Cl)c2)n1. The highest BCUT2D eigenvalue weighted by Crippen LogP contribution is 2.23. The van der Waals surface area contributed by atoms with Crippen molar-refractivity contribution in [2.24, 2.45) is 0 Å². The molecule has 0 atom stereocenters. The van der Waals surface area contributed by atoms with E-state index >= 15 is 0 Å². The first-order valence-corrected chi connectivity index (χ1v) is 6.89. The molecule has 0 aliphatic carbocycles. The topological polar surface area (TPSA) is 24.9 Å². The molecule has 2 nitrogen and oxygen atoms in total. The molecule has 0 aliphatic heterocycles. The van der Waals surface area contributed by atoms with Crippen molar-refractivity contribution in [1.82, 2.24) is 10.3 Å². The Morgan fingerprint density at radius 2 is 2.06 bits per heavy atom. The molecule has 0 unspecified atom stereocenters. The lowest BCUT2D eigenvalue weighted by atomic mass is 10.2. The van der Waals surface area contributed by atoms with Crippen LogP contribution >= 0.6 is 27.5 Å². The molecule has 1 heterocycles. The molecule has 94 valence electrons. The van der Waals surface area contributed by atoms with Crippen LogP contribution in [0.25, 0.3) is 0 Å². The monoisotopic (exact) mass is 324 g/mol. The van der Waals surface area contributed by atoms with E-state index in [1.54, 1.807) is 0 Å². The van der Waals surface area contributed by atoms with Crippen molar-refractivity contribution in [2.75, 3.05) is 0 Å². The van der Waals surface area contributed by atoms with Crippen molar-refractivity contribution in [3.63, 3.8) is 0 Å². The molecular weight excluding hydrogens is 312 g/mol. The van der Waals surface area contributed by atoms with E-state index in [0.29, 0.717) is 0 Å². The highest BCUT2D eigenvalue weighted by Gasteiger charge is 1.99. The zero-order valence-electron chi connectivity index (χ0n) is 10.1. The Balaban J connectivity index is 1.90. The first-order chi connectivity index (χ1) is 8.65. The lowest BCUT2D eigenvalue weighted by molar-refractivity contribution is 0.678. The second-order valence-corrected chi connectivity index (χ2v) is 5.38. The molecule has 1 aromatic carbocycles. The number of hydrogen-bond donors (Lipinski definition) is 1. The van der Waals surface area contributed by atoms with Crippen LogP contribution in [0.15, 0.2) is 40.9 Å². The van der Waals surface area contributed by atoms with Crippen LogP contribution in [-0.2, 0) is 13.1 Å². The third kappa shape index (κ3) is 3.80. The van der Waals surface area contributed by atoms with Crippen LogP contribution < -0.4 is 5.32 Å². The summed E-state index contributed by atoms with van der Waals surface area (Å²) in [6.07, 6.45) is 0. The first kappa shape index (κ1) is 13.5. The summed E-state index contributed by atoms with van der Waals surface area (Å²) >= 11 is 9.42. The van der Waals surface area contributed by atoms with Gasteiger partial charge in [0.25, 0.3) is 0 Å². The minimum absolute atomic E-state index is 0.739. The number of aryl methyl sites for hydroxylation is 1. The zero-order chi connectivity index (χ0) is 13.0. The number of hydrogen-bond acceptors (Lipinski definition) is 2. The van der Waals surface area contributed by atoms with Crippen molar-refractivity contribution in [3.8, 4) is 0 Å². The summed E-state index contributed by atoms with van der Waals surface area (Å²) in [5, 5.41) is 4.09. The lowest BCUT2D eigenvalue weighted by Crippen LogP contribution is -2.13. The average molecular weight is 326 g/mol. The van der Waals surface area contributed by atoms with Gasteiger partial charge in [-0.05, 0) is 52.7 Å². The van der Waals surface area contributed by atoms with Crippen LogP contribution in [0.1, 0.15) is 17.0 Å². The number of aromatic nitrogens is 1. The molecule has 0 saturated carbocycles. The molecule has 0 saturated heterocycles. The summed E-state index contributed by atoms with van der Waals surface area (Å²) in [5.41, 5.74) is 3.26. The fourth-order valence-corrected chi connectivity index (χ4v) is 2.13. The van der Waals surface area contributed by atoms with Crippen LogP contribution in [-0.4, -0.2) is 4.98 Å². The van der Waals surface area contributed by atoms with Crippen LogP contribution in [0.5, 0.6) is 0 Å². The minimum Gasteiger partial charge on any atom is -0.307 e. The predicted octanol–water partition coefficient (Wildman–Crippen LogP) is 4.10. The van der Waals surface area contributed by atoms with E-state index in [4.69, 9.17) is 11.6 Å². The summed E-state index contributed by atoms with van der Waals surface area (Å²) in [6, 6.07) is 12.0. The van der Waals surface area contributed by atoms with Crippen molar-refractivity contribution in [3.05, 3.63) is 62.8 Å². The fraction of sp³-hybridized carbons (Fsp3) is 0.214. The van der Waals surface area contributed by atoms with E-state index in [9.17, 15) is 0 Å². The third-order valence-electron chi connectivity index (χ3n) is 2.57. The molecule has 0 radical (unpaired) electrons. The summed E-state index contributed by atoms with van der Waals surface area (Å²) in [7, 11) is 0. The highest BCUT2D eigenvalue weighted by molar-refractivity contribution is 9.10. The number of nitrogens with one attached hydrogen (secondary N) is 1. The van der Waals surface area contributed by atoms with E-state index in [1.807, 2.05) is 43.3 Å². The summed E-state index contributed by atoms with van der Waals surface area (Å²) < 4.78 is 0.924. The van der Waals surface area contributed by atoms with Gasteiger partial charge < -0.3 is 5.32 Å². The first-order valence-electron chi connectivity index (χ1n) is 5.72. The Kier molecular flexibility index (Phi) is 4.75. The minimum atomic E-state index is 0.739. The summed E-state index contributed by atoms with van der Waals surface area (Å²) in [5.74, 6) is 0. The normalized spacial score (nSPS) is 10.6.